The summed E-state index contributed by atoms with van der Waals surface area (Å²) < 4.78 is 29.1. The number of amides is 1. The second-order valence-electron chi connectivity index (χ2n) is 8.46. The molecule has 1 saturated heterocycles. The summed E-state index contributed by atoms with van der Waals surface area (Å²) in [7, 11) is 1.76. The van der Waals surface area contributed by atoms with Gasteiger partial charge in [0.2, 0.25) is 0 Å². The molecule has 1 unspecified atom stereocenters. The lowest BCUT2D eigenvalue weighted by molar-refractivity contribution is 0.0539. The van der Waals surface area contributed by atoms with Crippen LogP contribution in [0.3, 0.4) is 0 Å². The van der Waals surface area contributed by atoms with Crippen LogP contribution in [0.2, 0.25) is 5.02 Å². The number of alkyl halides is 1. The van der Waals surface area contributed by atoms with Crippen LogP contribution in [0.25, 0.3) is 0 Å². The Morgan fingerprint density at radius 1 is 1.28 bits per heavy atom. The van der Waals surface area contributed by atoms with Crippen LogP contribution in [-0.4, -0.2) is 72.9 Å². The second kappa shape index (κ2) is 10.0. The smallest absolute Gasteiger partial charge is 0.304 e. The summed E-state index contributed by atoms with van der Waals surface area (Å²) in [6.45, 7) is 2.78. The third-order valence-corrected chi connectivity index (χ3v) is 8.14. The quantitative estimate of drug-likeness (QED) is 0.609. The van der Waals surface area contributed by atoms with E-state index < -0.39 is 18.0 Å². The molecule has 1 amide bonds. The normalized spacial score (nSPS) is 20.4. The van der Waals surface area contributed by atoms with Crippen molar-refractivity contribution in [2.24, 2.45) is 7.05 Å². The Bertz CT molecular complexity index is 946. The Balaban J connectivity index is 1.37. The average Bonchev–Trinajstić information content (AvgIpc) is 3.47. The van der Waals surface area contributed by atoms with E-state index in [2.05, 4.69) is 20.5 Å². The summed E-state index contributed by atoms with van der Waals surface area (Å²) in [6, 6.07) is 4.66. The molecule has 8 nitrogen and oxygen atoms in total. The fourth-order valence-electron chi connectivity index (χ4n) is 4.67. The van der Waals surface area contributed by atoms with Crippen LogP contribution in [0, 0.1) is 0 Å². The van der Waals surface area contributed by atoms with Gasteiger partial charge in [-0.25, -0.2) is 4.39 Å². The zero-order valence-corrected chi connectivity index (χ0v) is 19.7. The van der Waals surface area contributed by atoms with Crippen molar-refractivity contribution in [3.8, 4) is 0 Å². The van der Waals surface area contributed by atoms with Crippen LogP contribution in [0.1, 0.15) is 41.6 Å². The molecular formula is C21H28ClFN6O2S. The van der Waals surface area contributed by atoms with Crippen molar-refractivity contribution < 1.29 is 13.7 Å². The minimum atomic E-state index is -1.32. The van der Waals surface area contributed by atoms with Gasteiger partial charge in [0.05, 0.1) is 23.7 Å². The van der Waals surface area contributed by atoms with Crippen molar-refractivity contribution in [1.82, 2.24) is 29.5 Å². The highest BCUT2D eigenvalue weighted by atomic mass is 35.5. The van der Waals surface area contributed by atoms with E-state index in [9.17, 15) is 13.7 Å². The molecule has 0 spiro atoms. The molecule has 2 heterocycles. The number of carbonyl (C=O) groups is 1. The lowest BCUT2D eigenvalue weighted by Gasteiger charge is -2.45. The molecule has 1 aliphatic carbocycles. The Labute approximate surface area is 195 Å². The summed E-state index contributed by atoms with van der Waals surface area (Å²) in [5, 5.41) is 11.6. The molecule has 2 fully saturated rings. The summed E-state index contributed by atoms with van der Waals surface area (Å²) in [5.41, 5.74) is 0.706. The first kappa shape index (κ1) is 23.4. The van der Waals surface area contributed by atoms with Gasteiger partial charge in [0.15, 0.2) is 0 Å². The van der Waals surface area contributed by atoms with Gasteiger partial charge < -0.3 is 9.87 Å². The van der Waals surface area contributed by atoms with Gasteiger partial charge in [-0.2, -0.15) is 0 Å². The van der Waals surface area contributed by atoms with Crippen molar-refractivity contribution >= 4 is 28.9 Å². The number of piperazine rings is 1. The monoisotopic (exact) mass is 482 g/mol. The molecule has 0 radical (unpaired) electrons. The van der Waals surface area contributed by atoms with Gasteiger partial charge in [0, 0.05) is 32.2 Å². The maximum atomic E-state index is 12.8. The number of carbonyl (C=O) groups excluding carboxylic acids is 1. The minimum Gasteiger partial charge on any atom is -0.591 e. The number of hydrogen-bond donors (Lipinski definition) is 1. The summed E-state index contributed by atoms with van der Waals surface area (Å²) in [4.78, 5) is 15.2. The van der Waals surface area contributed by atoms with E-state index >= 15 is 0 Å². The van der Waals surface area contributed by atoms with E-state index in [1.54, 1.807) is 30.1 Å². The van der Waals surface area contributed by atoms with Crippen LogP contribution in [0.5, 0.6) is 0 Å². The fraction of sp³-hybridized carbons (Fsp3) is 0.571. The van der Waals surface area contributed by atoms with E-state index in [1.807, 2.05) is 4.31 Å². The van der Waals surface area contributed by atoms with Crippen LogP contribution in [0.4, 0.5) is 4.39 Å². The molecular weight excluding hydrogens is 455 g/mol. The lowest BCUT2D eigenvalue weighted by atomic mass is 9.93. The average molecular weight is 483 g/mol. The topological polar surface area (TPSA) is 89.4 Å². The number of benzene rings is 1. The molecule has 2 aromatic rings. The number of hydrogen-bond acceptors (Lipinski definition) is 6. The van der Waals surface area contributed by atoms with E-state index in [4.69, 9.17) is 11.6 Å². The van der Waals surface area contributed by atoms with Gasteiger partial charge in [-0.1, -0.05) is 40.8 Å². The first-order valence-corrected chi connectivity index (χ1v) is 12.3. The van der Waals surface area contributed by atoms with Gasteiger partial charge in [-0.05, 0) is 30.5 Å². The second-order valence-corrected chi connectivity index (χ2v) is 10.3. The molecule has 2 aliphatic rings. The lowest BCUT2D eigenvalue weighted by Crippen LogP contribution is -2.60. The Morgan fingerprint density at radius 3 is 2.59 bits per heavy atom. The molecule has 4 rings (SSSR count). The SMILES string of the molecule is Cn1cc([S+]([O-])N2CCN(C3(CNC(=O)c4ccc(CF)cc4Cl)CCCC3)CC2)nn1. The third kappa shape index (κ3) is 4.94. The highest BCUT2D eigenvalue weighted by molar-refractivity contribution is 7.89. The molecule has 1 atom stereocenters. The molecule has 1 aliphatic heterocycles. The zero-order valence-electron chi connectivity index (χ0n) is 18.1. The molecule has 1 N–H and O–H groups in total. The number of nitrogens with zero attached hydrogens (tertiary/aromatic N) is 5. The molecule has 11 heteroatoms. The number of aryl methyl sites for hydroxylation is 1. The van der Waals surface area contributed by atoms with Crippen molar-refractivity contribution in [2.45, 2.75) is 42.9 Å². The van der Waals surface area contributed by atoms with Gasteiger partial charge in [-0.15, -0.1) is 4.31 Å². The number of rotatable bonds is 7. The highest BCUT2D eigenvalue weighted by Crippen LogP contribution is 2.36. The molecule has 1 saturated carbocycles. The largest absolute Gasteiger partial charge is 0.591 e. The molecule has 32 heavy (non-hydrogen) atoms. The zero-order chi connectivity index (χ0) is 22.7. The summed E-state index contributed by atoms with van der Waals surface area (Å²) in [5.74, 6) is -0.242. The predicted octanol–water partition coefficient (Wildman–Crippen LogP) is 2.32. The first-order chi connectivity index (χ1) is 15.4. The number of nitrogens with one attached hydrogen (secondary N) is 1. The molecule has 0 bridgehead atoms. The Kier molecular flexibility index (Phi) is 7.36. The van der Waals surface area contributed by atoms with E-state index in [-0.39, 0.29) is 16.5 Å². The molecule has 174 valence electrons. The molecule has 1 aromatic carbocycles. The van der Waals surface area contributed by atoms with Crippen LogP contribution >= 0.6 is 11.6 Å². The van der Waals surface area contributed by atoms with E-state index in [0.717, 1.165) is 38.8 Å². The maximum absolute atomic E-state index is 12.8. The summed E-state index contributed by atoms with van der Waals surface area (Å²) >= 11 is 4.88. The van der Waals surface area contributed by atoms with Crippen molar-refractivity contribution in [1.29, 1.82) is 0 Å². The maximum Gasteiger partial charge on any atom is 0.304 e. The third-order valence-electron chi connectivity index (χ3n) is 6.45. The van der Waals surface area contributed by atoms with Gasteiger partial charge in [-0.3, -0.25) is 14.4 Å². The van der Waals surface area contributed by atoms with E-state index in [0.29, 0.717) is 35.8 Å². The number of halogens is 2. The van der Waals surface area contributed by atoms with Gasteiger partial charge in [0.1, 0.15) is 24.2 Å². The highest BCUT2D eigenvalue weighted by Gasteiger charge is 2.42. The van der Waals surface area contributed by atoms with Crippen LogP contribution in [-0.2, 0) is 25.1 Å². The minimum absolute atomic E-state index is 0.110. The van der Waals surface area contributed by atoms with E-state index in [1.165, 1.54) is 6.07 Å². The van der Waals surface area contributed by atoms with Crippen molar-refractivity contribution in [3.05, 3.63) is 40.5 Å². The Morgan fingerprint density at radius 2 is 2.00 bits per heavy atom. The Hall–Kier alpha value is -1.72. The van der Waals surface area contributed by atoms with Gasteiger partial charge in [0.25, 0.3) is 5.91 Å². The van der Waals surface area contributed by atoms with Gasteiger partial charge >= 0.3 is 5.03 Å². The number of aromatic nitrogens is 3. The van der Waals surface area contributed by atoms with Crippen molar-refractivity contribution in [2.75, 3.05) is 32.7 Å². The first-order valence-electron chi connectivity index (χ1n) is 10.8. The predicted molar refractivity (Wildman–Crippen MR) is 120 cm³/mol. The molecule has 1 aromatic heterocycles. The van der Waals surface area contributed by atoms with Crippen LogP contribution in [0.15, 0.2) is 29.4 Å². The standard InChI is InChI=1S/C21H28ClFN6O2S/c1-27-14-19(25-26-27)32(31)29-10-8-28(9-11-29)21(6-2-3-7-21)15-24-20(30)17-5-4-16(13-23)12-18(17)22/h4-5,12,14H,2-3,6-11,13,15H2,1H3,(H,24,30). The van der Waals surface area contributed by atoms with Crippen molar-refractivity contribution in [3.63, 3.8) is 0 Å². The summed E-state index contributed by atoms with van der Waals surface area (Å²) in [6.07, 6.45) is 5.94. The van der Waals surface area contributed by atoms with Crippen LogP contribution < -0.4 is 5.32 Å². The fourth-order valence-corrected chi connectivity index (χ4v) is 6.07.